The molecule has 4 heteroatoms. The summed E-state index contributed by atoms with van der Waals surface area (Å²) >= 11 is 0. The summed E-state index contributed by atoms with van der Waals surface area (Å²) in [6.45, 7) is 0.274. The van der Waals surface area contributed by atoms with E-state index in [1.165, 1.54) is 0 Å². The smallest absolute Gasteiger partial charge is 0.231 e. The van der Waals surface area contributed by atoms with Gasteiger partial charge in [-0.3, -0.25) is 4.98 Å². The van der Waals surface area contributed by atoms with E-state index in [9.17, 15) is 0 Å². The minimum Gasteiger partial charge on any atom is -0.495 e. The van der Waals surface area contributed by atoms with E-state index in [0.717, 1.165) is 28.4 Å². The van der Waals surface area contributed by atoms with Gasteiger partial charge in [0.15, 0.2) is 11.5 Å². The standard InChI is InChI=1S/C15H12NO3/c1-17-13-6-12(8-16-9-13)3-2-11-4-5-14-15(7-11)19-10-18-14/h2-3,5-9H,10H2,1H3/b3-2-. The van der Waals surface area contributed by atoms with Gasteiger partial charge in [0.25, 0.3) is 0 Å². The quantitative estimate of drug-likeness (QED) is 0.844. The van der Waals surface area contributed by atoms with Crippen molar-refractivity contribution in [2.24, 2.45) is 0 Å². The largest absolute Gasteiger partial charge is 0.495 e. The lowest BCUT2D eigenvalue weighted by Crippen LogP contribution is -1.92. The van der Waals surface area contributed by atoms with Crippen LogP contribution in [-0.4, -0.2) is 18.9 Å². The minimum atomic E-state index is 0.274. The molecule has 1 radical (unpaired) electrons. The molecule has 0 aliphatic carbocycles. The van der Waals surface area contributed by atoms with Crippen molar-refractivity contribution in [3.05, 3.63) is 47.8 Å². The van der Waals surface area contributed by atoms with Crippen molar-refractivity contribution >= 4 is 12.2 Å². The van der Waals surface area contributed by atoms with Gasteiger partial charge in [-0.2, -0.15) is 0 Å². The number of nitrogens with zero attached hydrogens (tertiary/aromatic N) is 1. The van der Waals surface area contributed by atoms with E-state index in [-0.39, 0.29) is 6.79 Å². The Hall–Kier alpha value is -2.49. The van der Waals surface area contributed by atoms with Crippen LogP contribution < -0.4 is 14.2 Å². The van der Waals surface area contributed by atoms with Gasteiger partial charge >= 0.3 is 0 Å². The van der Waals surface area contributed by atoms with Gasteiger partial charge < -0.3 is 14.2 Å². The maximum atomic E-state index is 5.32. The average molecular weight is 254 g/mol. The maximum absolute atomic E-state index is 5.32. The molecule has 0 amide bonds. The van der Waals surface area contributed by atoms with E-state index < -0.39 is 0 Å². The van der Waals surface area contributed by atoms with Crippen molar-refractivity contribution in [3.63, 3.8) is 0 Å². The Labute approximate surface area is 111 Å². The van der Waals surface area contributed by atoms with E-state index in [2.05, 4.69) is 11.1 Å². The first-order valence-corrected chi connectivity index (χ1v) is 5.83. The van der Waals surface area contributed by atoms with Gasteiger partial charge in [-0.05, 0) is 35.4 Å². The van der Waals surface area contributed by atoms with Crippen LogP contribution in [0.5, 0.6) is 17.2 Å². The fraction of sp³-hybridized carbons (Fsp3) is 0.133. The van der Waals surface area contributed by atoms with E-state index in [4.69, 9.17) is 14.2 Å². The highest BCUT2D eigenvalue weighted by molar-refractivity contribution is 5.70. The summed E-state index contributed by atoms with van der Waals surface area (Å²) in [6.07, 6.45) is 7.33. The van der Waals surface area contributed by atoms with Gasteiger partial charge in [0, 0.05) is 6.20 Å². The molecule has 1 aliphatic rings. The van der Waals surface area contributed by atoms with Crippen molar-refractivity contribution in [2.45, 2.75) is 0 Å². The number of hydrogen-bond donors (Lipinski definition) is 0. The van der Waals surface area contributed by atoms with E-state index in [0.29, 0.717) is 0 Å². The zero-order chi connectivity index (χ0) is 13.1. The third kappa shape index (κ3) is 2.52. The van der Waals surface area contributed by atoms with Crippen LogP contribution in [0, 0.1) is 6.07 Å². The predicted octanol–water partition coefficient (Wildman–Crippen LogP) is 2.79. The van der Waals surface area contributed by atoms with Crippen LogP contribution in [0.2, 0.25) is 0 Å². The Balaban J connectivity index is 1.82. The SMILES string of the molecule is COc1cncc(/C=C\c2[c]cc3c(c2)OCO3)c1. The molecule has 0 fully saturated rings. The van der Waals surface area contributed by atoms with Gasteiger partial charge in [-0.25, -0.2) is 0 Å². The lowest BCUT2D eigenvalue weighted by molar-refractivity contribution is 0.174. The summed E-state index contributed by atoms with van der Waals surface area (Å²) in [6, 6.07) is 8.72. The molecule has 95 valence electrons. The van der Waals surface area contributed by atoms with E-state index in [1.807, 2.05) is 24.3 Å². The number of hydrogen-bond acceptors (Lipinski definition) is 4. The molecule has 0 atom stereocenters. The molecule has 2 aromatic rings. The van der Waals surface area contributed by atoms with Gasteiger partial charge in [0.1, 0.15) is 5.75 Å². The van der Waals surface area contributed by atoms with Crippen molar-refractivity contribution in [3.8, 4) is 17.2 Å². The summed E-state index contributed by atoms with van der Waals surface area (Å²) in [7, 11) is 1.62. The van der Waals surface area contributed by atoms with E-state index >= 15 is 0 Å². The second kappa shape index (κ2) is 5.02. The normalized spacial score (nSPS) is 12.9. The Morgan fingerprint density at radius 1 is 1.21 bits per heavy atom. The van der Waals surface area contributed by atoms with Crippen LogP contribution in [0.4, 0.5) is 0 Å². The molecule has 1 aromatic heterocycles. The number of fused-ring (bicyclic) bond motifs is 1. The number of rotatable bonds is 3. The van der Waals surface area contributed by atoms with Crippen LogP contribution in [-0.2, 0) is 0 Å². The first-order chi connectivity index (χ1) is 9.35. The number of ether oxygens (including phenoxy) is 3. The Morgan fingerprint density at radius 2 is 2.11 bits per heavy atom. The number of pyridine rings is 1. The third-order valence-electron chi connectivity index (χ3n) is 2.75. The topological polar surface area (TPSA) is 40.6 Å². The van der Waals surface area contributed by atoms with Gasteiger partial charge in [0.05, 0.1) is 13.3 Å². The Kier molecular flexibility index (Phi) is 3.06. The molecule has 3 rings (SSSR count). The lowest BCUT2D eigenvalue weighted by Gasteiger charge is -2.00. The first kappa shape index (κ1) is 11.6. The summed E-state index contributed by atoms with van der Waals surface area (Å²) in [5, 5.41) is 0. The molecule has 0 N–H and O–H groups in total. The van der Waals surface area contributed by atoms with Crippen molar-refractivity contribution in [1.29, 1.82) is 0 Å². The fourth-order valence-electron chi connectivity index (χ4n) is 1.78. The summed E-state index contributed by atoms with van der Waals surface area (Å²) < 4.78 is 15.7. The number of methoxy groups -OCH3 is 1. The molecule has 0 spiro atoms. The highest BCUT2D eigenvalue weighted by Crippen LogP contribution is 2.32. The summed E-state index contributed by atoms with van der Waals surface area (Å²) in [4.78, 5) is 4.09. The molecule has 19 heavy (non-hydrogen) atoms. The molecule has 1 aliphatic heterocycles. The van der Waals surface area contributed by atoms with E-state index in [1.54, 1.807) is 25.6 Å². The second-order valence-electron chi connectivity index (χ2n) is 4.01. The molecule has 1 aromatic carbocycles. The van der Waals surface area contributed by atoms with Crippen molar-refractivity contribution in [2.75, 3.05) is 13.9 Å². The van der Waals surface area contributed by atoms with Crippen LogP contribution in [0.15, 0.2) is 30.6 Å². The summed E-state index contributed by atoms with van der Waals surface area (Å²) in [5.41, 5.74) is 1.89. The fourth-order valence-corrected chi connectivity index (χ4v) is 1.78. The molecule has 2 heterocycles. The lowest BCUT2D eigenvalue weighted by atomic mass is 10.1. The highest BCUT2D eigenvalue weighted by atomic mass is 16.7. The van der Waals surface area contributed by atoms with Crippen LogP contribution in [0.25, 0.3) is 12.2 Å². The predicted molar refractivity (Wildman–Crippen MR) is 71.1 cm³/mol. The second-order valence-corrected chi connectivity index (χ2v) is 4.01. The zero-order valence-electron chi connectivity index (χ0n) is 10.4. The summed E-state index contributed by atoms with van der Waals surface area (Å²) in [5.74, 6) is 2.22. The molecular weight excluding hydrogens is 242 g/mol. The van der Waals surface area contributed by atoms with Gasteiger partial charge in [-0.15, -0.1) is 0 Å². The van der Waals surface area contributed by atoms with Crippen LogP contribution in [0.3, 0.4) is 0 Å². The molecule has 0 unspecified atom stereocenters. The minimum absolute atomic E-state index is 0.274. The van der Waals surface area contributed by atoms with Crippen molar-refractivity contribution in [1.82, 2.24) is 4.98 Å². The van der Waals surface area contributed by atoms with Gasteiger partial charge in [0.2, 0.25) is 6.79 Å². The molecule has 0 bridgehead atoms. The maximum Gasteiger partial charge on any atom is 0.231 e. The molecule has 4 nitrogen and oxygen atoms in total. The van der Waals surface area contributed by atoms with Crippen molar-refractivity contribution < 1.29 is 14.2 Å². The highest BCUT2D eigenvalue weighted by Gasteiger charge is 2.12. The molecule has 0 saturated heterocycles. The Morgan fingerprint density at radius 3 is 3.00 bits per heavy atom. The van der Waals surface area contributed by atoms with Gasteiger partial charge in [-0.1, -0.05) is 12.2 Å². The zero-order valence-corrected chi connectivity index (χ0v) is 10.4. The van der Waals surface area contributed by atoms with Crippen LogP contribution >= 0.6 is 0 Å². The van der Waals surface area contributed by atoms with Crippen LogP contribution in [0.1, 0.15) is 11.1 Å². The third-order valence-corrected chi connectivity index (χ3v) is 2.75. The first-order valence-electron chi connectivity index (χ1n) is 5.83. The average Bonchev–Trinajstić information content (AvgIpc) is 2.93. The monoisotopic (exact) mass is 254 g/mol. The molecular formula is C15H12NO3. The Bertz CT molecular complexity index is 623. The number of benzene rings is 1. The molecule has 0 saturated carbocycles. The number of aromatic nitrogens is 1.